The number of hydrogen-bond acceptors (Lipinski definition) is 4. The zero-order chi connectivity index (χ0) is 14.9. The first-order valence-electron chi connectivity index (χ1n) is 7.39. The van der Waals surface area contributed by atoms with E-state index in [1.54, 1.807) is 12.1 Å². The molecular formula is C16H21NO2S2. The molecule has 114 valence electrons. The molecule has 2 rings (SSSR count). The zero-order valence-electron chi connectivity index (χ0n) is 12.0. The van der Waals surface area contributed by atoms with Gasteiger partial charge in [0.25, 0.3) is 0 Å². The van der Waals surface area contributed by atoms with E-state index >= 15 is 0 Å². The van der Waals surface area contributed by atoms with Crippen LogP contribution in [-0.4, -0.2) is 29.2 Å². The van der Waals surface area contributed by atoms with Gasteiger partial charge in [-0.3, -0.25) is 9.59 Å². The maximum Gasteiger partial charge on any atom is 0.220 e. The molecule has 0 unspecified atom stereocenters. The third kappa shape index (κ3) is 6.14. The number of ketones is 1. The SMILES string of the molecule is O=C(CCCC[C@H]1CCSS1)NCC(=O)c1ccccc1. The smallest absolute Gasteiger partial charge is 0.220 e. The van der Waals surface area contributed by atoms with Crippen LogP contribution in [0.5, 0.6) is 0 Å². The number of nitrogens with one attached hydrogen (secondary N) is 1. The minimum atomic E-state index is -0.0386. The first-order chi connectivity index (χ1) is 10.3. The van der Waals surface area contributed by atoms with Crippen LogP contribution in [0.3, 0.4) is 0 Å². The number of Topliss-reactive ketones (excluding diaryl/α,β-unsaturated/α-hetero) is 1. The maximum absolute atomic E-state index is 11.8. The second-order valence-corrected chi connectivity index (χ2v) is 7.93. The normalized spacial score (nSPS) is 17.6. The van der Waals surface area contributed by atoms with E-state index in [0.717, 1.165) is 18.1 Å². The van der Waals surface area contributed by atoms with Crippen LogP contribution in [0, 0.1) is 0 Å². The van der Waals surface area contributed by atoms with Crippen LogP contribution in [0.25, 0.3) is 0 Å². The molecule has 0 radical (unpaired) electrons. The third-order valence-corrected chi connectivity index (χ3v) is 6.46. The molecular weight excluding hydrogens is 302 g/mol. The first-order valence-corrected chi connectivity index (χ1v) is 9.77. The molecule has 1 amide bonds. The van der Waals surface area contributed by atoms with E-state index in [0.29, 0.717) is 12.0 Å². The number of rotatable bonds is 8. The summed E-state index contributed by atoms with van der Waals surface area (Å²) in [6.07, 6.45) is 5.03. The second-order valence-electron chi connectivity index (χ2n) is 5.14. The highest BCUT2D eigenvalue weighted by molar-refractivity contribution is 8.77. The van der Waals surface area contributed by atoms with Crippen LogP contribution in [0.1, 0.15) is 42.5 Å². The van der Waals surface area contributed by atoms with E-state index in [1.807, 2.05) is 39.8 Å². The Morgan fingerprint density at radius 1 is 1.19 bits per heavy atom. The Morgan fingerprint density at radius 2 is 2.00 bits per heavy atom. The van der Waals surface area contributed by atoms with Gasteiger partial charge in [0.15, 0.2) is 5.78 Å². The van der Waals surface area contributed by atoms with Crippen LogP contribution in [0.2, 0.25) is 0 Å². The molecule has 3 nitrogen and oxygen atoms in total. The lowest BCUT2D eigenvalue weighted by Crippen LogP contribution is -2.29. The van der Waals surface area contributed by atoms with E-state index in [-0.39, 0.29) is 18.2 Å². The van der Waals surface area contributed by atoms with Crippen molar-refractivity contribution in [3.8, 4) is 0 Å². The fourth-order valence-corrected chi connectivity index (χ4v) is 5.24. The second kappa shape index (κ2) is 9.15. The topological polar surface area (TPSA) is 46.2 Å². The molecule has 0 bridgehead atoms. The van der Waals surface area contributed by atoms with Crippen molar-refractivity contribution in [2.75, 3.05) is 12.3 Å². The number of carbonyl (C=O) groups excluding carboxylic acids is 2. The molecule has 0 saturated carbocycles. The van der Waals surface area contributed by atoms with Gasteiger partial charge in [-0.15, -0.1) is 0 Å². The van der Waals surface area contributed by atoms with Crippen molar-refractivity contribution in [1.82, 2.24) is 5.32 Å². The summed E-state index contributed by atoms with van der Waals surface area (Å²) in [5.41, 5.74) is 0.647. The van der Waals surface area contributed by atoms with Gasteiger partial charge in [-0.1, -0.05) is 58.3 Å². The van der Waals surface area contributed by atoms with E-state index in [4.69, 9.17) is 0 Å². The summed E-state index contributed by atoms with van der Waals surface area (Å²) in [6.45, 7) is 0.0952. The van der Waals surface area contributed by atoms with E-state index in [1.165, 1.54) is 18.6 Å². The van der Waals surface area contributed by atoms with Gasteiger partial charge < -0.3 is 5.32 Å². The van der Waals surface area contributed by atoms with Gasteiger partial charge in [0.1, 0.15) is 0 Å². The van der Waals surface area contributed by atoms with Gasteiger partial charge in [0, 0.05) is 23.0 Å². The highest BCUT2D eigenvalue weighted by Crippen LogP contribution is 2.39. The van der Waals surface area contributed by atoms with E-state index in [2.05, 4.69) is 5.32 Å². The van der Waals surface area contributed by atoms with Crippen LogP contribution >= 0.6 is 21.6 Å². The monoisotopic (exact) mass is 323 g/mol. The predicted molar refractivity (Wildman–Crippen MR) is 90.7 cm³/mol. The molecule has 1 fully saturated rings. The zero-order valence-corrected chi connectivity index (χ0v) is 13.7. The molecule has 1 N–H and O–H groups in total. The van der Waals surface area contributed by atoms with Crippen LogP contribution in [0.15, 0.2) is 30.3 Å². The summed E-state index contributed by atoms with van der Waals surface area (Å²) < 4.78 is 0. The summed E-state index contributed by atoms with van der Waals surface area (Å²) in [6, 6.07) is 9.07. The fraction of sp³-hybridized carbons (Fsp3) is 0.500. The molecule has 1 atom stereocenters. The van der Waals surface area contributed by atoms with Crippen molar-refractivity contribution in [1.29, 1.82) is 0 Å². The third-order valence-electron chi connectivity index (χ3n) is 3.45. The van der Waals surface area contributed by atoms with Gasteiger partial charge in [-0.2, -0.15) is 0 Å². The molecule has 21 heavy (non-hydrogen) atoms. The Bertz CT molecular complexity index is 459. The van der Waals surface area contributed by atoms with Crippen molar-refractivity contribution in [3.63, 3.8) is 0 Å². The molecule has 0 aromatic heterocycles. The number of carbonyl (C=O) groups is 2. The lowest BCUT2D eigenvalue weighted by molar-refractivity contribution is -0.121. The van der Waals surface area contributed by atoms with Gasteiger partial charge in [-0.05, 0) is 19.3 Å². The van der Waals surface area contributed by atoms with Crippen molar-refractivity contribution in [3.05, 3.63) is 35.9 Å². The molecule has 1 heterocycles. The van der Waals surface area contributed by atoms with Crippen molar-refractivity contribution >= 4 is 33.3 Å². The molecule has 1 aromatic rings. The highest BCUT2D eigenvalue weighted by Gasteiger charge is 2.15. The number of amides is 1. The number of unbranched alkanes of at least 4 members (excludes halogenated alkanes) is 1. The van der Waals surface area contributed by atoms with Crippen LogP contribution in [0.4, 0.5) is 0 Å². The number of benzene rings is 1. The lowest BCUT2D eigenvalue weighted by Gasteiger charge is -2.07. The molecule has 0 aliphatic carbocycles. The largest absolute Gasteiger partial charge is 0.349 e. The summed E-state index contributed by atoms with van der Waals surface area (Å²) in [5, 5.41) is 3.49. The Labute approximate surface area is 134 Å². The Balaban J connectivity index is 1.56. The van der Waals surface area contributed by atoms with Gasteiger partial charge in [-0.25, -0.2) is 0 Å². The Hall–Kier alpha value is -0.940. The van der Waals surface area contributed by atoms with Gasteiger partial charge >= 0.3 is 0 Å². The van der Waals surface area contributed by atoms with Crippen molar-refractivity contribution in [2.24, 2.45) is 0 Å². The van der Waals surface area contributed by atoms with E-state index in [9.17, 15) is 9.59 Å². The van der Waals surface area contributed by atoms with Crippen molar-refractivity contribution in [2.45, 2.75) is 37.4 Å². The summed E-state index contributed by atoms with van der Waals surface area (Å²) in [4.78, 5) is 23.5. The summed E-state index contributed by atoms with van der Waals surface area (Å²) >= 11 is 0. The summed E-state index contributed by atoms with van der Waals surface area (Å²) in [5.74, 6) is 1.20. The Morgan fingerprint density at radius 3 is 2.71 bits per heavy atom. The molecule has 5 heteroatoms. The molecule has 1 saturated heterocycles. The van der Waals surface area contributed by atoms with Crippen molar-refractivity contribution < 1.29 is 9.59 Å². The standard InChI is InChI=1S/C16H21NO2S2/c18-15(13-6-2-1-3-7-13)12-17-16(19)9-5-4-8-14-10-11-20-21-14/h1-3,6-7,14H,4-5,8-12H2,(H,17,19)/t14-/m0/s1. The lowest BCUT2D eigenvalue weighted by atomic mass is 10.1. The van der Waals surface area contributed by atoms with Gasteiger partial charge in [0.2, 0.25) is 5.91 Å². The molecule has 0 spiro atoms. The molecule has 1 aliphatic rings. The van der Waals surface area contributed by atoms with E-state index < -0.39 is 0 Å². The fourth-order valence-electron chi connectivity index (χ4n) is 2.22. The minimum absolute atomic E-state index is 0.0206. The minimum Gasteiger partial charge on any atom is -0.349 e. The van der Waals surface area contributed by atoms with Gasteiger partial charge in [0.05, 0.1) is 6.54 Å². The average Bonchev–Trinajstić information content (AvgIpc) is 3.03. The quantitative estimate of drug-likeness (QED) is 0.450. The summed E-state index contributed by atoms with van der Waals surface area (Å²) in [7, 11) is 3.94. The molecule has 1 aromatic carbocycles. The number of hydrogen-bond donors (Lipinski definition) is 1. The first kappa shape index (κ1) is 16.4. The molecule has 1 aliphatic heterocycles. The van der Waals surface area contributed by atoms with Crippen LogP contribution < -0.4 is 5.32 Å². The maximum atomic E-state index is 11.8. The predicted octanol–water partition coefficient (Wildman–Crippen LogP) is 3.70. The Kier molecular flexibility index (Phi) is 7.16. The average molecular weight is 323 g/mol. The highest BCUT2D eigenvalue weighted by atomic mass is 33.1. The van der Waals surface area contributed by atoms with Crippen LogP contribution in [-0.2, 0) is 4.79 Å².